The molecule has 0 aliphatic carbocycles. The van der Waals surface area contributed by atoms with Crippen molar-refractivity contribution < 1.29 is 14.6 Å². The van der Waals surface area contributed by atoms with Gasteiger partial charge in [0.25, 0.3) is 0 Å². The molecule has 0 unspecified atom stereocenters. The molecule has 1 N–H and O–H groups in total. The predicted molar refractivity (Wildman–Crippen MR) is 72.1 cm³/mol. The molecule has 1 aliphatic heterocycles. The zero-order chi connectivity index (χ0) is 13.3. The minimum atomic E-state index is 0.204. The molecule has 96 valence electrons. The molecule has 3 heteroatoms. The molecule has 3 nitrogen and oxygen atoms in total. The Hall–Kier alpha value is -1.90. The topological polar surface area (TPSA) is 38.7 Å². The van der Waals surface area contributed by atoms with E-state index in [9.17, 15) is 5.11 Å². The van der Waals surface area contributed by atoms with E-state index < -0.39 is 0 Å². The summed E-state index contributed by atoms with van der Waals surface area (Å²) in [6.45, 7) is 9.91. The number of phenolic OH excluding ortho intramolecular Hbond substituents is 1. The van der Waals surface area contributed by atoms with Crippen molar-refractivity contribution in [3.8, 4) is 17.2 Å². The molecule has 0 spiro atoms. The number of aromatic hydroxyl groups is 1. The Balaban J connectivity index is 2.70. The van der Waals surface area contributed by atoms with Crippen molar-refractivity contribution in [3.05, 3.63) is 35.4 Å². The number of ether oxygens (including phenoxy) is 2. The molecule has 0 bridgehead atoms. The highest BCUT2D eigenvalue weighted by molar-refractivity contribution is 5.79. The monoisotopic (exact) mass is 246 g/mol. The summed E-state index contributed by atoms with van der Waals surface area (Å²) in [5.41, 5.74) is 3.70. The zero-order valence-corrected chi connectivity index (χ0v) is 11.0. The Morgan fingerprint density at radius 3 is 2.72 bits per heavy atom. The van der Waals surface area contributed by atoms with E-state index in [0.717, 1.165) is 22.3 Å². The SMILES string of the molecule is C=CCc1cc2c(c(C(C)=C(C)C)c1O)OCO2. The molecule has 0 saturated carbocycles. The van der Waals surface area contributed by atoms with Gasteiger partial charge in [0.15, 0.2) is 11.5 Å². The molecule has 1 aliphatic rings. The van der Waals surface area contributed by atoms with Gasteiger partial charge in [-0.2, -0.15) is 0 Å². The highest BCUT2D eigenvalue weighted by Crippen LogP contribution is 2.46. The minimum absolute atomic E-state index is 0.204. The third-order valence-corrected chi connectivity index (χ3v) is 3.20. The molecule has 0 amide bonds. The first-order valence-corrected chi connectivity index (χ1v) is 5.96. The third kappa shape index (κ3) is 1.96. The zero-order valence-electron chi connectivity index (χ0n) is 11.0. The van der Waals surface area contributed by atoms with Crippen molar-refractivity contribution in [2.75, 3.05) is 6.79 Å². The lowest BCUT2D eigenvalue weighted by atomic mass is 9.96. The van der Waals surface area contributed by atoms with Gasteiger partial charge >= 0.3 is 0 Å². The molecule has 0 radical (unpaired) electrons. The summed E-state index contributed by atoms with van der Waals surface area (Å²) in [6, 6.07) is 1.82. The molecule has 0 atom stereocenters. The van der Waals surface area contributed by atoms with Crippen LogP contribution in [-0.2, 0) is 6.42 Å². The lowest BCUT2D eigenvalue weighted by Gasteiger charge is -2.13. The Morgan fingerprint density at radius 2 is 2.11 bits per heavy atom. The fourth-order valence-electron chi connectivity index (χ4n) is 1.99. The summed E-state index contributed by atoms with van der Waals surface area (Å²) in [5.74, 6) is 1.59. The van der Waals surface area contributed by atoms with E-state index in [1.54, 1.807) is 6.08 Å². The van der Waals surface area contributed by atoms with Crippen LogP contribution in [0.4, 0.5) is 0 Å². The van der Waals surface area contributed by atoms with Crippen molar-refractivity contribution in [2.24, 2.45) is 0 Å². The molecule has 0 saturated heterocycles. The van der Waals surface area contributed by atoms with Crippen LogP contribution in [0.5, 0.6) is 17.2 Å². The first kappa shape index (κ1) is 12.6. The highest BCUT2D eigenvalue weighted by Gasteiger charge is 2.24. The fraction of sp³-hybridized carbons (Fsp3) is 0.333. The van der Waals surface area contributed by atoms with Crippen LogP contribution in [0.3, 0.4) is 0 Å². The van der Waals surface area contributed by atoms with Crippen LogP contribution in [0, 0.1) is 0 Å². The average molecular weight is 246 g/mol. The number of hydrogen-bond donors (Lipinski definition) is 1. The van der Waals surface area contributed by atoms with E-state index in [0.29, 0.717) is 17.9 Å². The number of fused-ring (bicyclic) bond motifs is 1. The molecule has 18 heavy (non-hydrogen) atoms. The quantitative estimate of drug-likeness (QED) is 0.827. The molecule has 1 aromatic carbocycles. The second-order valence-corrected chi connectivity index (χ2v) is 4.61. The maximum Gasteiger partial charge on any atom is 0.231 e. The van der Waals surface area contributed by atoms with Crippen LogP contribution in [0.1, 0.15) is 31.9 Å². The van der Waals surface area contributed by atoms with E-state index in [4.69, 9.17) is 9.47 Å². The van der Waals surface area contributed by atoms with Gasteiger partial charge in [-0.3, -0.25) is 0 Å². The van der Waals surface area contributed by atoms with Crippen LogP contribution >= 0.6 is 0 Å². The van der Waals surface area contributed by atoms with Crippen LogP contribution < -0.4 is 9.47 Å². The summed E-state index contributed by atoms with van der Waals surface area (Å²) in [6.07, 6.45) is 2.37. The molecule has 1 aromatic rings. The van der Waals surface area contributed by atoms with E-state index in [1.807, 2.05) is 26.8 Å². The molecule has 1 heterocycles. The predicted octanol–water partition coefficient (Wildman–Crippen LogP) is 3.66. The average Bonchev–Trinajstić information content (AvgIpc) is 2.77. The first-order valence-electron chi connectivity index (χ1n) is 5.96. The Bertz CT molecular complexity index is 523. The van der Waals surface area contributed by atoms with Gasteiger partial charge in [-0.25, -0.2) is 0 Å². The van der Waals surface area contributed by atoms with Gasteiger partial charge in [0.2, 0.25) is 6.79 Å². The Kier molecular flexibility index (Phi) is 3.32. The van der Waals surface area contributed by atoms with Crippen LogP contribution in [0.2, 0.25) is 0 Å². The maximum atomic E-state index is 10.4. The van der Waals surface area contributed by atoms with Gasteiger partial charge in [-0.15, -0.1) is 6.58 Å². The van der Waals surface area contributed by atoms with Crippen LogP contribution in [0.25, 0.3) is 5.57 Å². The van der Waals surface area contributed by atoms with Gasteiger partial charge in [-0.1, -0.05) is 11.6 Å². The summed E-state index contributed by atoms with van der Waals surface area (Å²) in [5, 5.41) is 10.4. The number of phenols is 1. The number of benzene rings is 1. The summed E-state index contributed by atoms with van der Waals surface area (Å²) < 4.78 is 10.9. The molecular weight excluding hydrogens is 228 g/mol. The van der Waals surface area contributed by atoms with Gasteiger partial charge < -0.3 is 14.6 Å². The summed E-state index contributed by atoms with van der Waals surface area (Å²) >= 11 is 0. The van der Waals surface area contributed by atoms with Gasteiger partial charge in [0.05, 0.1) is 5.56 Å². The highest BCUT2D eigenvalue weighted by atomic mass is 16.7. The number of rotatable bonds is 3. The second-order valence-electron chi connectivity index (χ2n) is 4.61. The van der Waals surface area contributed by atoms with Gasteiger partial charge in [-0.05, 0) is 38.8 Å². The third-order valence-electron chi connectivity index (χ3n) is 3.20. The molecule has 0 fully saturated rings. The molecule has 0 aromatic heterocycles. The fourth-order valence-corrected chi connectivity index (χ4v) is 1.99. The molecular formula is C15H18O3. The Morgan fingerprint density at radius 1 is 1.39 bits per heavy atom. The number of hydrogen-bond acceptors (Lipinski definition) is 3. The van der Waals surface area contributed by atoms with Crippen molar-refractivity contribution in [2.45, 2.75) is 27.2 Å². The Labute approximate surface area is 107 Å². The van der Waals surface area contributed by atoms with Crippen molar-refractivity contribution in [3.63, 3.8) is 0 Å². The second kappa shape index (κ2) is 4.77. The van der Waals surface area contributed by atoms with E-state index >= 15 is 0 Å². The van der Waals surface area contributed by atoms with Crippen LogP contribution in [0.15, 0.2) is 24.3 Å². The maximum absolute atomic E-state index is 10.4. The van der Waals surface area contributed by atoms with Gasteiger partial charge in [0, 0.05) is 5.56 Å². The van der Waals surface area contributed by atoms with Gasteiger partial charge in [0.1, 0.15) is 5.75 Å². The van der Waals surface area contributed by atoms with E-state index in [2.05, 4.69) is 6.58 Å². The van der Waals surface area contributed by atoms with Crippen molar-refractivity contribution >= 4 is 5.57 Å². The van der Waals surface area contributed by atoms with E-state index in [-0.39, 0.29) is 12.5 Å². The summed E-state index contributed by atoms with van der Waals surface area (Å²) in [4.78, 5) is 0. The van der Waals surface area contributed by atoms with Crippen molar-refractivity contribution in [1.82, 2.24) is 0 Å². The lowest BCUT2D eigenvalue weighted by Crippen LogP contribution is -1.95. The smallest absolute Gasteiger partial charge is 0.231 e. The lowest BCUT2D eigenvalue weighted by molar-refractivity contribution is 0.173. The largest absolute Gasteiger partial charge is 0.507 e. The normalized spacial score (nSPS) is 12.4. The minimum Gasteiger partial charge on any atom is -0.507 e. The van der Waals surface area contributed by atoms with Crippen molar-refractivity contribution in [1.29, 1.82) is 0 Å². The number of allylic oxidation sites excluding steroid dienone is 3. The van der Waals surface area contributed by atoms with E-state index in [1.165, 1.54) is 0 Å². The first-order chi connectivity index (χ1) is 8.56. The van der Waals surface area contributed by atoms with Crippen LogP contribution in [-0.4, -0.2) is 11.9 Å². The standard InChI is InChI=1S/C15H18O3/c1-5-6-11-7-12-15(18-8-17-12)13(14(11)16)10(4)9(2)3/h5,7,16H,1,6,8H2,2-4H3. The summed E-state index contributed by atoms with van der Waals surface area (Å²) in [7, 11) is 0. The molecule has 2 rings (SSSR count).